The maximum Gasteiger partial charge on any atom is 0.226 e. The van der Waals surface area contributed by atoms with E-state index in [9.17, 15) is 14.4 Å². The molecule has 0 saturated heterocycles. The van der Waals surface area contributed by atoms with Crippen molar-refractivity contribution in [3.63, 3.8) is 0 Å². The van der Waals surface area contributed by atoms with Gasteiger partial charge in [0.05, 0.1) is 5.41 Å². The van der Waals surface area contributed by atoms with E-state index in [0.29, 0.717) is 0 Å². The van der Waals surface area contributed by atoms with Gasteiger partial charge in [0.1, 0.15) is 0 Å². The quantitative estimate of drug-likeness (QED) is 0.577. The largest absolute Gasteiger partial charge is 0.290 e. The molecule has 0 saturated carbocycles. The average molecular weight is 280 g/mol. The molecule has 21 heavy (non-hydrogen) atoms. The molecule has 3 heteroatoms. The molecule has 0 N–H and O–H groups in total. The van der Waals surface area contributed by atoms with Crippen molar-refractivity contribution in [1.82, 2.24) is 0 Å². The van der Waals surface area contributed by atoms with E-state index < -0.39 is 17.0 Å². The molecule has 0 amide bonds. The van der Waals surface area contributed by atoms with Gasteiger partial charge in [-0.15, -0.1) is 0 Å². The molecule has 0 aromatic carbocycles. The number of fused-ring (bicyclic) bond motifs is 2. The predicted octanol–water partition coefficient (Wildman–Crippen LogP) is 2.80. The first-order valence-electron chi connectivity index (χ1n) is 7.21. The van der Waals surface area contributed by atoms with Crippen molar-refractivity contribution < 1.29 is 14.4 Å². The molecule has 0 aromatic rings. The maximum atomic E-state index is 11.8. The second-order valence-electron chi connectivity index (χ2n) is 5.45. The molecule has 0 aliphatic heterocycles. The van der Waals surface area contributed by atoms with E-state index in [1.165, 1.54) is 17.7 Å². The summed E-state index contributed by atoms with van der Waals surface area (Å²) >= 11 is 0. The number of hydrogen-bond donors (Lipinski definition) is 0. The van der Waals surface area contributed by atoms with Crippen LogP contribution in [0.4, 0.5) is 0 Å². The van der Waals surface area contributed by atoms with E-state index in [1.807, 2.05) is 19.1 Å². The third kappa shape index (κ3) is 1.77. The lowest BCUT2D eigenvalue weighted by Gasteiger charge is -2.30. The fraction of sp³-hybridized carbons (Fsp3) is 0.278. The molecule has 106 valence electrons. The minimum atomic E-state index is -0.532. The number of rotatable bonds is 2. The monoisotopic (exact) mass is 280 g/mol. The van der Waals surface area contributed by atoms with Crippen molar-refractivity contribution in [2.75, 3.05) is 0 Å². The summed E-state index contributed by atoms with van der Waals surface area (Å²) in [5, 5.41) is 0. The van der Waals surface area contributed by atoms with Gasteiger partial charge in [-0.1, -0.05) is 26.0 Å². The van der Waals surface area contributed by atoms with E-state index in [4.69, 9.17) is 0 Å². The van der Waals surface area contributed by atoms with Crippen LogP contribution in [0.1, 0.15) is 26.7 Å². The van der Waals surface area contributed by atoms with Crippen molar-refractivity contribution in [1.29, 1.82) is 0 Å². The van der Waals surface area contributed by atoms with Crippen LogP contribution in [0.15, 0.2) is 58.7 Å². The van der Waals surface area contributed by atoms with Crippen LogP contribution in [0, 0.1) is 5.41 Å². The Morgan fingerprint density at radius 3 is 2.10 bits per heavy atom. The minimum Gasteiger partial charge on any atom is -0.290 e. The molecule has 3 nitrogen and oxygen atoms in total. The van der Waals surface area contributed by atoms with Crippen LogP contribution in [0.3, 0.4) is 0 Å². The zero-order valence-corrected chi connectivity index (χ0v) is 12.1. The van der Waals surface area contributed by atoms with Crippen LogP contribution in [0.5, 0.6) is 0 Å². The lowest BCUT2D eigenvalue weighted by molar-refractivity contribution is -0.131. The summed E-state index contributed by atoms with van der Waals surface area (Å²) in [6, 6.07) is 0. The van der Waals surface area contributed by atoms with Crippen LogP contribution < -0.4 is 0 Å². The summed E-state index contributed by atoms with van der Waals surface area (Å²) in [4.78, 5) is 35.0. The summed E-state index contributed by atoms with van der Waals surface area (Å²) < 4.78 is 0. The highest BCUT2D eigenvalue weighted by molar-refractivity contribution is 6.47. The number of carbonyl (C=O) groups is 3. The Bertz CT molecular complexity index is 708. The van der Waals surface area contributed by atoms with Crippen molar-refractivity contribution >= 4 is 17.3 Å². The second kappa shape index (κ2) is 4.62. The molecular weight excluding hydrogens is 264 g/mol. The van der Waals surface area contributed by atoms with Crippen molar-refractivity contribution in [3.8, 4) is 0 Å². The van der Waals surface area contributed by atoms with Crippen LogP contribution in [0.25, 0.3) is 0 Å². The van der Waals surface area contributed by atoms with Gasteiger partial charge in [-0.05, 0) is 59.4 Å². The SMILES string of the molecule is CCC1=C(CC)C2(C=CC(=O)C=C2)C2=CC(=O)C(=O)C=C21. The molecule has 0 heterocycles. The molecule has 3 aliphatic carbocycles. The summed E-state index contributed by atoms with van der Waals surface area (Å²) in [5.74, 6) is -1.00. The molecule has 1 spiro atoms. The molecule has 3 aliphatic rings. The third-order valence-electron chi connectivity index (χ3n) is 4.45. The Hall–Kier alpha value is -2.29. The zero-order chi connectivity index (χ0) is 15.2. The van der Waals surface area contributed by atoms with Gasteiger partial charge in [0, 0.05) is 0 Å². The van der Waals surface area contributed by atoms with Crippen molar-refractivity contribution in [2.45, 2.75) is 26.7 Å². The molecule has 0 aromatic heterocycles. The average Bonchev–Trinajstić information content (AvgIpc) is 2.72. The Morgan fingerprint density at radius 2 is 1.52 bits per heavy atom. The van der Waals surface area contributed by atoms with E-state index in [2.05, 4.69) is 6.92 Å². The van der Waals surface area contributed by atoms with Crippen LogP contribution in [0.2, 0.25) is 0 Å². The standard InChI is InChI=1S/C18H16O3/c1-3-12-13-9-16(20)17(21)10-15(13)18(14(12)4-2)7-5-11(19)6-8-18/h5-10H,3-4H2,1-2H3. The third-order valence-corrected chi connectivity index (χ3v) is 4.45. The maximum absolute atomic E-state index is 11.8. The van der Waals surface area contributed by atoms with E-state index in [0.717, 1.165) is 29.6 Å². The number of carbonyl (C=O) groups excluding carboxylic acids is 3. The Labute approximate surface area is 123 Å². The smallest absolute Gasteiger partial charge is 0.226 e. The normalized spacial score (nSPS) is 22.9. The topological polar surface area (TPSA) is 51.2 Å². The van der Waals surface area contributed by atoms with E-state index in [-0.39, 0.29) is 5.78 Å². The molecule has 3 rings (SSSR count). The van der Waals surface area contributed by atoms with Gasteiger partial charge < -0.3 is 0 Å². The fourth-order valence-electron chi connectivity index (χ4n) is 3.56. The molecule has 0 fully saturated rings. The first-order chi connectivity index (χ1) is 10.0. The molecule has 0 bridgehead atoms. The summed E-state index contributed by atoms with van der Waals surface area (Å²) in [5.41, 5.74) is 3.46. The highest BCUT2D eigenvalue weighted by atomic mass is 16.2. The van der Waals surface area contributed by atoms with Crippen LogP contribution in [-0.2, 0) is 14.4 Å². The van der Waals surface area contributed by atoms with Gasteiger partial charge in [0.25, 0.3) is 0 Å². The van der Waals surface area contributed by atoms with Gasteiger partial charge in [-0.2, -0.15) is 0 Å². The van der Waals surface area contributed by atoms with Gasteiger partial charge in [-0.3, -0.25) is 14.4 Å². The summed E-state index contributed by atoms with van der Waals surface area (Å²) in [6.07, 6.45) is 11.3. The Balaban J connectivity index is 2.29. The first kappa shape index (κ1) is 13.7. The Morgan fingerprint density at radius 1 is 0.905 bits per heavy atom. The van der Waals surface area contributed by atoms with E-state index in [1.54, 1.807) is 12.2 Å². The Kier molecular flexibility index (Phi) is 3.01. The number of hydrogen-bond acceptors (Lipinski definition) is 3. The minimum absolute atomic E-state index is 0.0506. The van der Waals surface area contributed by atoms with Crippen LogP contribution in [-0.4, -0.2) is 17.3 Å². The molecule has 0 atom stereocenters. The van der Waals surface area contributed by atoms with Crippen molar-refractivity contribution in [2.24, 2.45) is 5.41 Å². The lowest BCUT2D eigenvalue weighted by atomic mass is 9.72. The highest BCUT2D eigenvalue weighted by Gasteiger charge is 2.45. The summed E-state index contributed by atoms with van der Waals surface area (Å²) in [7, 11) is 0. The lowest BCUT2D eigenvalue weighted by Crippen LogP contribution is -2.24. The molecule has 0 unspecified atom stereocenters. The number of ketones is 3. The van der Waals surface area contributed by atoms with Crippen molar-refractivity contribution in [3.05, 3.63) is 58.7 Å². The van der Waals surface area contributed by atoms with E-state index >= 15 is 0 Å². The predicted molar refractivity (Wildman–Crippen MR) is 79.5 cm³/mol. The zero-order valence-electron chi connectivity index (χ0n) is 12.1. The van der Waals surface area contributed by atoms with Crippen LogP contribution >= 0.6 is 0 Å². The molecular formula is C18H16O3. The number of allylic oxidation sites excluding steroid dienone is 10. The molecule has 0 radical (unpaired) electrons. The summed E-state index contributed by atoms with van der Waals surface area (Å²) in [6.45, 7) is 4.11. The van der Waals surface area contributed by atoms with Gasteiger partial charge in [0.15, 0.2) is 5.78 Å². The van der Waals surface area contributed by atoms with Gasteiger partial charge in [-0.25, -0.2) is 0 Å². The first-order valence-corrected chi connectivity index (χ1v) is 7.21. The fourth-order valence-corrected chi connectivity index (χ4v) is 3.56. The van der Waals surface area contributed by atoms with Gasteiger partial charge >= 0.3 is 0 Å². The van der Waals surface area contributed by atoms with Gasteiger partial charge in [0.2, 0.25) is 11.6 Å². The highest BCUT2D eigenvalue weighted by Crippen LogP contribution is 2.55. The second-order valence-corrected chi connectivity index (χ2v) is 5.45.